The van der Waals surface area contributed by atoms with Crippen molar-refractivity contribution in [1.82, 2.24) is 19.6 Å². The van der Waals surface area contributed by atoms with E-state index in [1.165, 1.54) is 0 Å². The molecule has 0 unspecified atom stereocenters. The second kappa shape index (κ2) is 4.60. The monoisotopic (exact) mass is 244 g/mol. The summed E-state index contributed by atoms with van der Waals surface area (Å²) in [5.41, 5.74) is 3.40. The molecule has 0 saturated carbocycles. The smallest absolute Gasteiger partial charge is 0.203 e. The number of aromatic nitrogens is 4. The molecular formula is C13H16N4O. The van der Waals surface area contributed by atoms with Crippen molar-refractivity contribution in [2.24, 2.45) is 14.1 Å². The summed E-state index contributed by atoms with van der Waals surface area (Å²) in [7, 11) is 3.64. The van der Waals surface area contributed by atoms with Crippen LogP contribution in [0.2, 0.25) is 0 Å². The Morgan fingerprint density at radius 2 is 2.00 bits per heavy atom. The van der Waals surface area contributed by atoms with Gasteiger partial charge in [0, 0.05) is 25.4 Å². The van der Waals surface area contributed by atoms with Crippen LogP contribution < -0.4 is 0 Å². The summed E-state index contributed by atoms with van der Waals surface area (Å²) >= 11 is 0. The SMILES string of the molecule is Cc1cc(C(=O)/C=C/c2cnn(C)c2C)n(C)n1. The highest BCUT2D eigenvalue weighted by atomic mass is 16.1. The Hall–Kier alpha value is -2.17. The first kappa shape index (κ1) is 12.3. The van der Waals surface area contributed by atoms with E-state index in [4.69, 9.17) is 0 Å². The predicted molar refractivity (Wildman–Crippen MR) is 69.3 cm³/mol. The van der Waals surface area contributed by atoms with Crippen molar-refractivity contribution in [3.8, 4) is 0 Å². The van der Waals surface area contributed by atoms with Crippen molar-refractivity contribution in [1.29, 1.82) is 0 Å². The van der Waals surface area contributed by atoms with E-state index < -0.39 is 0 Å². The molecule has 2 rings (SSSR count). The zero-order valence-electron chi connectivity index (χ0n) is 11.0. The number of ketones is 1. The fourth-order valence-corrected chi connectivity index (χ4v) is 1.77. The van der Waals surface area contributed by atoms with Crippen molar-refractivity contribution in [2.75, 3.05) is 0 Å². The molecule has 94 valence electrons. The van der Waals surface area contributed by atoms with Crippen molar-refractivity contribution < 1.29 is 4.79 Å². The molecule has 18 heavy (non-hydrogen) atoms. The van der Waals surface area contributed by atoms with E-state index in [9.17, 15) is 4.79 Å². The van der Waals surface area contributed by atoms with E-state index >= 15 is 0 Å². The fourth-order valence-electron chi connectivity index (χ4n) is 1.77. The molecule has 2 heterocycles. The normalized spacial score (nSPS) is 11.3. The lowest BCUT2D eigenvalue weighted by Gasteiger charge is -1.96. The van der Waals surface area contributed by atoms with Crippen LogP contribution in [0.5, 0.6) is 0 Å². The molecule has 0 aliphatic heterocycles. The lowest BCUT2D eigenvalue weighted by atomic mass is 10.2. The standard InChI is InChI=1S/C13H16N4O/c1-9-7-12(17(4)15-9)13(18)6-5-11-8-14-16(3)10(11)2/h5-8H,1-4H3/b6-5+. The third-order valence-corrected chi connectivity index (χ3v) is 2.94. The maximum atomic E-state index is 12.0. The zero-order chi connectivity index (χ0) is 13.3. The van der Waals surface area contributed by atoms with Crippen LogP contribution in [-0.4, -0.2) is 25.3 Å². The van der Waals surface area contributed by atoms with Gasteiger partial charge in [0.15, 0.2) is 0 Å². The van der Waals surface area contributed by atoms with Crippen molar-refractivity contribution in [3.63, 3.8) is 0 Å². The Labute approximate surface area is 106 Å². The Morgan fingerprint density at radius 3 is 2.50 bits per heavy atom. The van der Waals surface area contributed by atoms with Gasteiger partial charge in [-0.1, -0.05) is 0 Å². The Kier molecular flexibility index (Phi) is 3.14. The topological polar surface area (TPSA) is 52.7 Å². The first-order valence-corrected chi connectivity index (χ1v) is 5.70. The minimum Gasteiger partial charge on any atom is -0.288 e. The van der Waals surface area contributed by atoms with Crippen LogP contribution in [0, 0.1) is 13.8 Å². The summed E-state index contributed by atoms with van der Waals surface area (Å²) in [6, 6.07) is 1.78. The molecule has 0 fully saturated rings. The van der Waals surface area contributed by atoms with Gasteiger partial charge < -0.3 is 0 Å². The molecular weight excluding hydrogens is 228 g/mol. The van der Waals surface area contributed by atoms with Gasteiger partial charge in [-0.05, 0) is 32.1 Å². The van der Waals surface area contributed by atoms with E-state index in [0.717, 1.165) is 17.0 Å². The zero-order valence-corrected chi connectivity index (χ0v) is 11.0. The highest BCUT2D eigenvalue weighted by Gasteiger charge is 2.09. The van der Waals surface area contributed by atoms with Crippen LogP contribution in [0.25, 0.3) is 6.08 Å². The van der Waals surface area contributed by atoms with Crippen molar-refractivity contribution >= 4 is 11.9 Å². The molecule has 0 amide bonds. The fraction of sp³-hybridized carbons (Fsp3) is 0.308. The number of carbonyl (C=O) groups is 1. The number of rotatable bonds is 3. The third kappa shape index (κ3) is 2.25. The lowest BCUT2D eigenvalue weighted by Crippen LogP contribution is -2.03. The van der Waals surface area contributed by atoms with Gasteiger partial charge in [0.2, 0.25) is 5.78 Å². The van der Waals surface area contributed by atoms with E-state index in [2.05, 4.69) is 10.2 Å². The predicted octanol–water partition coefficient (Wildman–Crippen LogP) is 1.67. The molecule has 0 bridgehead atoms. The minimum absolute atomic E-state index is 0.0543. The molecule has 0 radical (unpaired) electrons. The van der Waals surface area contributed by atoms with Gasteiger partial charge in [0.25, 0.3) is 0 Å². The summed E-state index contributed by atoms with van der Waals surface area (Å²) in [5.74, 6) is -0.0543. The van der Waals surface area contributed by atoms with Gasteiger partial charge in [0.1, 0.15) is 5.69 Å². The van der Waals surface area contributed by atoms with Crippen LogP contribution in [0.1, 0.15) is 27.4 Å². The summed E-state index contributed by atoms with van der Waals surface area (Å²) in [5, 5.41) is 8.28. The lowest BCUT2D eigenvalue weighted by molar-refractivity contribution is 0.103. The third-order valence-electron chi connectivity index (χ3n) is 2.94. The average Bonchev–Trinajstić information content (AvgIpc) is 2.81. The summed E-state index contributed by atoms with van der Waals surface area (Å²) in [6.07, 6.45) is 5.08. The van der Waals surface area contributed by atoms with Crippen molar-refractivity contribution in [2.45, 2.75) is 13.8 Å². The highest BCUT2D eigenvalue weighted by molar-refractivity contribution is 6.05. The number of hydrogen-bond acceptors (Lipinski definition) is 3. The largest absolute Gasteiger partial charge is 0.288 e. The van der Waals surface area contributed by atoms with E-state index in [1.54, 1.807) is 40.8 Å². The van der Waals surface area contributed by atoms with Gasteiger partial charge in [-0.25, -0.2) is 0 Å². The van der Waals surface area contributed by atoms with E-state index in [1.807, 2.05) is 20.9 Å². The molecule has 5 nitrogen and oxygen atoms in total. The Balaban J connectivity index is 2.22. The first-order valence-electron chi connectivity index (χ1n) is 5.70. The Morgan fingerprint density at radius 1 is 1.28 bits per heavy atom. The number of allylic oxidation sites excluding steroid dienone is 1. The van der Waals surface area contributed by atoms with Gasteiger partial charge >= 0.3 is 0 Å². The van der Waals surface area contributed by atoms with Gasteiger partial charge in [0.05, 0.1) is 11.9 Å². The first-order chi connectivity index (χ1) is 8.49. The average molecular weight is 244 g/mol. The molecule has 2 aromatic rings. The number of hydrogen-bond donors (Lipinski definition) is 0. The quantitative estimate of drug-likeness (QED) is 0.609. The van der Waals surface area contributed by atoms with Crippen LogP contribution in [-0.2, 0) is 14.1 Å². The number of carbonyl (C=O) groups excluding carboxylic acids is 1. The number of aryl methyl sites for hydroxylation is 3. The van der Waals surface area contributed by atoms with Gasteiger partial charge in [-0.3, -0.25) is 14.2 Å². The molecule has 0 aromatic carbocycles. The van der Waals surface area contributed by atoms with Crippen LogP contribution >= 0.6 is 0 Å². The Bertz CT molecular complexity index is 619. The molecule has 0 aliphatic carbocycles. The second-order valence-electron chi connectivity index (χ2n) is 4.30. The van der Waals surface area contributed by atoms with Crippen LogP contribution in [0.15, 0.2) is 18.3 Å². The van der Waals surface area contributed by atoms with Gasteiger partial charge in [-0.15, -0.1) is 0 Å². The van der Waals surface area contributed by atoms with E-state index in [-0.39, 0.29) is 5.78 Å². The second-order valence-corrected chi connectivity index (χ2v) is 4.30. The van der Waals surface area contributed by atoms with Crippen LogP contribution in [0.4, 0.5) is 0 Å². The minimum atomic E-state index is -0.0543. The summed E-state index contributed by atoms with van der Waals surface area (Å²) in [6.45, 7) is 3.83. The molecule has 2 aromatic heterocycles. The molecule has 0 spiro atoms. The number of nitrogens with zero attached hydrogens (tertiary/aromatic N) is 4. The van der Waals surface area contributed by atoms with Crippen molar-refractivity contribution in [3.05, 3.63) is 41.0 Å². The molecule has 0 N–H and O–H groups in total. The molecule has 5 heteroatoms. The maximum absolute atomic E-state index is 12.0. The molecule has 0 atom stereocenters. The maximum Gasteiger partial charge on any atom is 0.203 e. The van der Waals surface area contributed by atoms with E-state index in [0.29, 0.717) is 5.69 Å². The van der Waals surface area contributed by atoms with Gasteiger partial charge in [-0.2, -0.15) is 10.2 Å². The molecule has 0 aliphatic rings. The summed E-state index contributed by atoms with van der Waals surface area (Å²) < 4.78 is 3.37. The highest BCUT2D eigenvalue weighted by Crippen LogP contribution is 2.09. The molecule has 0 saturated heterocycles. The van der Waals surface area contributed by atoms with Crippen LogP contribution in [0.3, 0.4) is 0 Å². The summed E-state index contributed by atoms with van der Waals surface area (Å²) in [4.78, 5) is 12.0.